The van der Waals surface area contributed by atoms with E-state index in [-0.39, 0.29) is 0 Å². The molecule has 5 aromatic rings. The fourth-order valence-electron chi connectivity index (χ4n) is 4.61. The van der Waals surface area contributed by atoms with E-state index >= 15 is 0 Å². The van der Waals surface area contributed by atoms with E-state index in [0.29, 0.717) is 0 Å². The van der Waals surface area contributed by atoms with Gasteiger partial charge in [0, 0.05) is 41.8 Å². The zero-order valence-corrected chi connectivity index (χ0v) is 17.9. The molecule has 0 atom stereocenters. The molecule has 1 aromatic carbocycles. The monoisotopic (exact) mass is 424 g/mol. The molecule has 0 amide bonds. The van der Waals surface area contributed by atoms with Crippen LogP contribution in [0.2, 0.25) is 0 Å². The standard InChI is InChI=1S/C25H24N6O/c1-32-18-11-17(14-26-15-18)16-5-6-22-19(12-16)24(30-29-22)23-13-20-21(28-23)7-8-27-25(20)31-9-3-2-4-10-31/h5-8,11-15,28H,2-4,9-10H2,1H3,(H,29,30). The van der Waals surface area contributed by atoms with Crippen molar-refractivity contribution in [2.24, 2.45) is 0 Å². The number of anilines is 1. The Balaban J connectivity index is 1.45. The molecule has 4 aromatic heterocycles. The van der Waals surface area contributed by atoms with E-state index in [1.165, 1.54) is 19.3 Å². The summed E-state index contributed by atoms with van der Waals surface area (Å²) in [5.74, 6) is 1.80. The van der Waals surface area contributed by atoms with Gasteiger partial charge in [0.1, 0.15) is 17.3 Å². The van der Waals surface area contributed by atoms with Crippen LogP contribution in [-0.2, 0) is 0 Å². The second kappa shape index (κ2) is 7.67. The first kappa shape index (κ1) is 18.9. The number of nitrogens with one attached hydrogen (secondary N) is 2. The van der Waals surface area contributed by atoms with Crippen LogP contribution in [-0.4, -0.2) is 45.3 Å². The molecule has 32 heavy (non-hydrogen) atoms. The maximum Gasteiger partial charge on any atom is 0.137 e. The molecular formula is C25H24N6O. The molecule has 7 nitrogen and oxygen atoms in total. The van der Waals surface area contributed by atoms with Crippen LogP contribution >= 0.6 is 0 Å². The molecule has 160 valence electrons. The lowest BCUT2D eigenvalue weighted by Crippen LogP contribution is -2.30. The number of benzene rings is 1. The van der Waals surface area contributed by atoms with Crippen LogP contribution < -0.4 is 9.64 Å². The quantitative estimate of drug-likeness (QED) is 0.416. The topological polar surface area (TPSA) is 82.7 Å². The summed E-state index contributed by atoms with van der Waals surface area (Å²) in [6, 6.07) is 12.5. The number of pyridine rings is 2. The highest BCUT2D eigenvalue weighted by Gasteiger charge is 2.18. The third-order valence-electron chi connectivity index (χ3n) is 6.28. The first-order chi connectivity index (χ1) is 15.8. The van der Waals surface area contributed by atoms with E-state index in [0.717, 1.165) is 69.0 Å². The van der Waals surface area contributed by atoms with Gasteiger partial charge in [0.05, 0.1) is 30.0 Å². The lowest BCUT2D eigenvalue weighted by Gasteiger charge is -2.28. The van der Waals surface area contributed by atoms with Crippen molar-refractivity contribution in [3.05, 3.63) is 55.0 Å². The molecule has 0 saturated carbocycles. The van der Waals surface area contributed by atoms with Gasteiger partial charge in [0.15, 0.2) is 0 Å². The molecule has 0 unspecified atom stereocenters. The minimum atomic E-state index is 0.739. The molecule has 1 aliphatic rings. The normalized spacial score (nSPS) is 14.3. The second-order valence-corrected chi connectivity index (χ2v) is 8.27. The number of rotatable bonds is 4. The number of nitrogens with zero attached hydrogens (tertiary/aromatic N) is 4. The van der Waals surface area contributed by atoms with Crippen molar-refractivity contribution in [3.8, 4) is 28.3 Å². The predicted octanol–water partition coefficient (Wildman–Crippen LogP) is 5.17. The van der Waals surface area contributed by atoms with Gasteiger partial charge in [-0.2, -0.15) is 5.10 Å². The van der Waals surface area contributed by atoms with Gasteiger partial charge in [-0.05, 0) is 55.2 Å². The third kappa shape index (κ3) is 3.17. The maximum atomic E-state index is 5.34. The Morgan fingerprint density at radius 1 is 0.906 bits per heavy atom. The maximum absolute atomic E-state index is 5.34. The SMILES string of the molecule is COc1cncc(-c2ccc3[nH]nc(-c4cc5c(N6CCCCC6)nccc5[nH]4)c3c2)c1. The van der Waals surface area contributed by atoms with Gasteiger partial charge >= 0.3 is 0 Å². The smallest absolute Gasteiger partial charge is 0.137 e. The van der Waals surface area contributed by atoms with Gasteiger partial charge in [-0.25, -0.2) is 4.98 Å². The molecule has 7 heteroatoms. The van der Waals surface area contributed by atoms with Gasteiger partial charge in [-0.1, -0.05) is 6.07 Å². The van der Waals surface area contributed by atoms with Crippen LogP contribution in [0.15, 0.2) is 55.0 Å². The number of H-pyrrole nitrogens is 2. The van der Waals surface area contributed by atoms with Crippen molar-refractivity contribution >= 4 is 27.6 Å². The van der Waals surface area contributed by atoms with Crippen LogP contribution in [0.1, 0.15) is 19.3 Å². The van der Waals surface area contributed by atoms with Crippen LogP contribution in [0.3, 0.4) is 0 Å². The Hall–Kier alpha value is -3.87. The van der Waals surface area contributed by atoms with E-state index in [1.54, 1.807) is 13.3 Å². The highest BCUT2D eigenvalue weighted by Crippen LogP contribution is 2.34. The number of aromatic nitrogens is 5. The van der Waals surface area contributed by atoms with E-state index in [9.17, 15) is 0 Å². The molecule has 0 spiro atoms. The fourth-order valence-corrected chi connectivity index (χ4v) is 4.61. The zero-order valence-electron chi connectivity index (χ0n) is 17.9. The summed E-state index contributed by atoms with van der Waals surface area (Å²) in [6.07, 6.45) is 9.20. The number of aromatic amines is 2. The van der Waals surface area contributed by atoms with Crippen molar-refractivity contribution in [2.75, 3.05) is 25.1 Å². The lowest BCUT2D eigenvalue weighted by atomic mass is 10.0. The number of hydrogen-bond acceptors (Lipinski definition) is 5. The summed E-state index contributed by atoms with van der Waals surface area (Å²) in [4.78, 5) is 15.0. The molecule has 1 saturated heterocycles. The molecule has 0 radical (unpaired) electrons. The third-order valence-corrected chi connectivity index (χ3v) is 6.28. The Bertz CT molecular complexity index is 1410. The van der Waals surface area contributed by atoms with Gasteiger partial charge in [0.25, 0.3) is 0 Å². The molecule has 6 rings (SSSR count). The van der Waals surface area contributed by atoms with Gasteiger partial charge < -0.3 is 14.6 Å². The summed E-state index contributed by atoms with van der Waals surface area (Å²) in [5, 5.41) is 10.0. The summed E-state index contributed by atoms with van der Waals surface area (Å²) >= 11 is 0. The molecular weight excluding hydrogens is 400 g/mol. The van der Waals surface area contributed by atoms with Crippen LogP contribution in [0.5, 0.6) is 5.75 Å². The zero-order chi connectivity index (χ0) is 21.5. The highest BCUT2D eigenvalue weighted by molar-refractivity contribution is 6.00. The Morgan fingerprint density at radius 3 is 2.69 bits per heavy atom. The van der Waals surface area contributed by atoms with Crippen molar-refractivity contribution in [2.45, 2.75) is 19.3 Å². The summed E-state index contributed by atoms with van der Waals surface area (Å²) in [6.45, 7) is 2.13. The largest absolute Gasteiger partial charge is 0.495 e. The minimum Gasteiger partial charge on any atom is -0.495 e. The number of fused-ring (bicyclic) bond motifs is 2. The minimum absolute atomic E-state index is 0.739. The van der Waals surface area contributed by atoms with E-state index < -0.39 is 0 Å². The molecule has 1 aliphatic heterocycles. The Morgan fingerprint density at radius 2 is 1.81 bits per heavy atom. The first-order valence-corrected chi connectivity index (χ1v) is 11.0. The average molecular weight is 425 g/mol. The molecule has 2 N–H and O–H groups in total. The van der Waals surface area contributed by atoms with Gasteiger partial charge in [-0.3, -0.25) is 10.1 Å². The Labute approximate surface area is 185 Å². The lowest BCUT2D eigenvalue weighted by molar-refractivity contribution is 0.413. The van der Waals surface area contributed by atoms with Crippen molar-refractivity contribution in [3.63, 3.8) is 0 Å². The predicted molar refractivity (Wildman–Crippen MR) is 127 cm³/mol. The van der Waals surface area contributed by atoms with E-state index in [2.05, 4.69) is 49.3 Å². The molecule has 0 aliphatic carbocycles. The Kier molecular flexibility index (Phi) is 4.52. The van der Waals surface area contributed by atoms with E-state index in [1.807, 2.05) is 24.5 Å². The molecule has 0 bridgehead atoms. The molecule has 5 heterocycles. The van der Waals surface area contributed by atoms with Crippen molar-refractivity contribution in [1.29, 1.82) is 0 Å². The van der Waals surface area contributed by atoms with Crippen LogP contribution in [0.4, 0.5) is 5.82 Å². The summed E-state index contributed by atoms with van der Waals surface area (Å²) in [7, 11) is 1.65. The van der Waals surface area contributed by atoms with Crippen molar-refractivity contribution in [1.82, 2.24) is 25.1 Å². The first-order valence-electron chi connectivity index (χ1n) is 11.0. The van der Waals surface area contributed by atoms with Gasteiger partial charge in [0.2, 0.25) is 0 Å². The summed E-state index contributed by atoms with van der Waals surface area (Å²) in [5.41, 5.74) is 6.04. The van der Waals surface area contributed by atoms with Crippen molar-refractivity contribution < 1.29 is 4.74 Å². The second-order valence-electron chi connectivity index (χ2n) is 8.27. The molecule has 1 fully saturated rings. The number of ether oxygens (including phenoxy) is 1. The highest BCUT2D eigenvalue weighted by atomic mass is 16.5. The number of methoxy groups -OCH3 is 1. The fraction of sp³-hybridized carbons (Fsp3) is 0.240. The van der Waals surface area contributed by atoms with Crippen LogP contribution in [0.25, 0.3) is 44.3 Å². The average Bonchev–Trinajstić information content (AvgIpc) is 3.48. The summed E-state index contributed by atoms with van der Waals surface area (Å²) < 4.78 is 5.34. The van der Waals surface area contributed by atoms with Gasteiger partial charge in [-0.15, -0.1) is 0 Å². The van der Waals surface area contributed by atoms with Crippen LogP contribution in [0, 0.1) is 0 Å². The number of piperidine rings is 1. The van der Waals surface area contributed by atoms with E-state index in [4.69, 9.17) is 9.72 Å². The number of hydrogen-bond donors (Lipinski definition) is 2.